The number of hydrogen-bond acceptors (Lipinski definition) is 6. The summed E-state index contributed by atoms with van der Waals surface area (Å²) in [6.07, 6.45) is 5.60. The summed E-state index contributed by atoms with van der Waals surface area (Å²) in [5.41, 5.74) is 6.81. The number of H-pyrrole nitrogens is 1. The van der Waals surface area contributed by atoms with Crippen molar-refractivity contribution < 1.29 is 14.6 Å². The number of anilines is 2. The molecule has 0 aliphatic carbocycles. The molecule has 3 N–H and O–H groups in total. The molecule has 0 unspecified atom stereocenters. The summed E-state index contributed by atoms with van der Waals surface area (Å²) >= 11 is 0. The van der Waals surface area contributed by atoms with Gasteiger partial charge < -0.3 is 25.0 Å². The number of nitrogens with one attached hydrogen (secondary N) is 2. The van der Waals surface area contributed by atoms with Gasteiger partial charge in [0.2, 0.25) is 0 Å². The molecule has 0 bridgehead atoms. The molecule has 1 fully saturated rings. The molecular weight excluding hydrogens is 504 g/mol. The van der Waals surface area contributed by atoms with E-state index in [1.165, 1.54) is 0 Å². The highest BCUT2D eigenvalue weighted by Crippen LogP contribution is 2.29. The van der Waals surface area contributed by atoms with Crippen molar-refractivity contribution in [1.29, 1.82) is 0 Å². The molecule has 1 amide bonds. The minimum atomic E-state index is -0.200. The zero-order valence-corrected chi connectivity index (χ0v) is 22.2. The number of morpholine rings is 1. The van der Waals surface area contributed by atoms with Crippen molar-refractivity contribution in [2.45, 2.75) is 6.42 Å². The molecule has 9 nitrogen and oxygen atoms in total. The van der Waals surface area contributed by atoms with E-state index in [1.54, 1.807) is 30.3 Å². The standard InChI is InChI=1S/C31H30N6O3/c1-36-20-23(18-33-36)30(38)34-25-4-2-3-21(16-25)15-22-5-10-29-27(17-22)28(31(39)35-29)19-32-24-6-8-26(9-7-24)37-11-13-40-14-12-37/h2-10,16-20,35,39H,11-15H2,1H3,(H,34,38). The van der Waals surface area contributed by atoms with Gasteiger partial charge in [0, 0.05) is 54.8 Å². The van der Waals surface area contributed by atoms with Crippen molar-refractivity contribution in [2.24, 2.45) is 12.0 Å². The lowest BCUT2D eigenvalue weighted by molar-refractivity contribution is 0.102. The molecule has 9 heteroatoms. The van der Waals surface area contributed by atoms with Crippen molar-refractivity contribution in [2.75, 3.05) is 36.5 Å². The number of aromatic hydroxyl groups is 1. The summed E-state index contributed by atoms with van der Waals surface area (Å²) in [6, 6.07) is 22.0. The number of aliphatic imine (C=N–C) groups is 1. The topological polar surface area (TPSA) is 108 Å². The van der Waals surface area contributed by atoms with Gasteiger partial charge in [-0.15, -0.1) is 0 Å². The van der Waals surface area contributed by atoms with Crippen LogP contribution < -0.4 is 10.2 Å². The van der Waals surface area contributed by atoms with Gasteiger partial charge in [-0.3, -0.25) is 14.5 Å². The van der Waals surface area contributed by atoms with Gasteiger partial charge in [0.05, 0.1) is 36.2 Å². The second-order valence-electron chi connectivity index (χ2n) is 9.88. The minimum Gasteiger partial charge on any atom is -0.494 e. The van der Waals surface area contributed by atoms with Gasteiger partial charge in [-0.2, -0.15) is 5.10 Å². The van der Waals surface area contributed by atoms with E-state index in [2.05, 4.69) is 43.5 Å². The van der Waals surface area contributed by atoms with Crippen molar-refractivity contribution in [3.63, 3.8) is 0 Å². The van der Waals surface area contributed by atoms with Gasteiger partial charge in [-0.1, -0.05) is 18.2 Å². The Kier molecular flexibility index (Phi) is 7.03. The van der Waals surface area contributed by atoms with Crippen molar-refractivity contribution in [3.8, 4) is 5.88 Å². The number of aromatic amines is 1. The number of ether oxygens (including phenoxy) is 1. The first-order chi connectivity index (χ1) is 19.5. The first kappa shape index (κ1) is 25.4. The highest BCUT2D eigenvalue weighted by Gasteiger charge is 2.13. The van der Waals surface area contributed by atoms with E-state index in [0.717, 1.165) is 65.4 Å². The normalized spacial score (nSPS) is 13.8. The zero-order valence-electron chi connectivity index (χ0n) is 22.2. The fraction of sp³-hybridized carbons (Fsp3) is 0.194. The molecule has 1 saturated heterocycles. The first-order valence-corrected chi connectivity index (χ1v) is 13.2. The van der Waals surface area contributed by atoms with Crippen LogP contribution in [-0.4, -0.2) is 58.3 Å². The number of nitrogens with zero attached hydrogens (tertiary/aromatic N) is 4. The Balaban J connectivity index is 1.18. The molecule has 40 heavy (non-hydrogen) atoms. The molecular formula is C31H30N6O3. The van der Waals surface area contributed by atoms with Crippen LogP contribution in [0.5, 0.6) is 5.88 Å². The van der Waals surface area contributed by atoms with Crippen LogP contribution in [0.1, 0.15) is 27.0 Å². The Morgan fingerprint density at radius 2 is 1.90 bits per heavy atom. The third-order valence-electron chi connectivity index (χ3n) is 7.01. The molecule has 0 radical (unpaired) electrons. The van der Waals surface area contributed by atoms with Gasteiger partial charge in [0.15, 0.2) is 5.88 Å². The highest BCUT2D eigenvalue weighted by molar-refractivity contribution is 6.04. The molecule has 3 heterocycles. The van der Waals surface area contributed by atoms with Crippen LogP contribution in [-0.2, 0) is 18.2 Å². The average Bonchev–Trinajstić information content (AvgIpc) is 3.55. The monoisotopic (exact) mass is 534 g/mol. The predicted octanol–water partition coefficient (Wildman–Crippen LogP) is 5.04. The number of amides is 1. The van der Waals surface area contributed by atoms with E-state index in [9.17, 15) is 9.90 Å². The van der Waals surface area contributed by atoms with Crippen LogP contribution in [0.4, 0.5) is 17.1 Å². The molecule has 0 atom stereocenters. The quantitative estimate of drug-likeness (QED) is 0.254. The number of aryl methyl sites for hydroxylation is 1. The predicted molar refractivity (Wildman–Crippen MR) is 157 cm³/mol. The second-order valence-corrected chi connectivity index (χ2v) is 9.88. The molecule has 0 saturated carbocycles. The number of carbonyl (C=O) groups is 1. The SMILES string of the molecule is Cn1cc(C(=O)Nc2cccc(Cc3ccc4[nH]c(O)c(C=Nc5ccc(N6CCOCC6)cc5)c4c3)c2)cn1. The Bertz CT molecular complexity index is 1680. The largest absolute Gasteiger partial charge is 0.494 e. The van der Waals surface area contributed by atoms with Crippen molar-refractivity contribution in [1.82, 2.24) is 14.8 Å². The lowest BCUT2D eigenvalue weighted by Gasteiger charge is -2.28. The number of hydrogen-bond donors (Lipinski definition) is 3. The lowest BCUT2D eigenvalue weighted by atomic mass is 10.0. The number of benzene rings is 3. The van der Waals surface area contributed by atoms with E-state index >= 15 is 0 Å². The van der Waals surface area contributed by atoms with Gasteiger partial charge in [0.25, 0.3) is 5.91 Å². The molecule has 0 spiro atoms. The van der Waals surface area contributed by atoms with Gasteiger partial charge in [-0.25, -0.2) is 0 Å². The van der Waals surface area contributed by atoms with Crippen LogP contribution in [0.3, 0.4) is 0 Å². The molecule has 2 aromatic heterocycles. The molecule has 202 valence electrons. The second kappa shape index (κ2) is 11.1. The molecule has 6 rings (SSSR count). The maximum atomic E-state index is 12.5. The van der Waals surface area contributed by atoms with Gasteiger partial charge >= 0.3 is 0 Å². The molecule has 1 aliphatic heterocycles. The lowest BCUT2D eigenvalue weighted by Crippen LogP contribution is -2.36. The van der Waals surface area contributed by atoms with Crippen LogP contribution >= 0.6 is 0 Å². The number of rotatable bonds is 7. The number of fused-ring (bicyclic) bond motifs is 1. The van der Waals surface area contributed by atoms with Crippen LogP contribution in [0, 0.1) is 0 Å². The summed E-state index contributed by atoms with van der Waals surface area (Å²) in [7, 11) is 1.78. The third-order valence-corrected chi connectivity index (χ3v) is 7.01. The Labute approximate surface area is 231 Å². The van der Waals surface area contributed by atoms with Crippen LogP contribution in [0.25, 0.3) is 10.9 Å². The van der Waals surface area contributed by atoms with E-state index in [-0.39, 0.29) is 11.8 Å². The molecule has 1 aliphatic rings. The third kappa shape index (κ3) is 5.60. The number of carbonyl (C=O) groups excluding carboxylic acids is 1. The van der Waals surface area contributed by atoms with Gasteiger partial charge in [-0.05, 0) is 66.1 Å². The maximum absolute atomic E-state index is 12.5. The zero-order chi connectivity index (χ0) is 27.5. The summed E-state index contributed by atoms with van der Waals surface area (Å²) in [5, 5.41) is 18.5. The highest BCUT2D eigenvalue weighted by atomic mass is 16.5. The van der Waals surface area contributed by atoms with Crippen molar-refractivity contribution >= 4 is 40.1 Å². The van der Waals surface area contributed by atoms with E-state index in [1.807, 2.05) is 48.5 Å². The summed E-state index contributed by atoms with van der Waals surface area (Å²) < 4.78 is 7.04. The van der Waals surface area contributed by atoms with E-state index in [4.69, 9.17) is 4.74 Å². The van der Waals surface area contributed by atoms with Gasteiger partial charge in [0.1, 0.15) is 0 Å². The Hall–Kier alpha value is -4.89. The van der Waals surface area contributed by atoms with Crippen molar-refractivity contribution in [3.05, 3.63) is 101 Å². The fourth-order valence-electron chi connectivity index (χ4n) is 4.93. The van der Waals surface area contributed by atoms with Crippen LogP contribution in [0.2, 0.25) is 0 Å². The number of aromatic nitrogens is 3. The van der Waals surface area contributed by atoms with Crippen LogP contribution in [0.15, 0.2) is 84.1 Å². The van der Waals surface area contributed by atoms with E-state index in [0.29, 0.717) is 17.5 Å². The Morgan fingerprint density at radius 1 is 1.10 bits per heavy atom. The minimum absolute atomic E-state index is 0.0842. The van der Waals surface area contributed by atoms with E-state index < -0.39 is 0 Å². The first-order valence-electron chi connectivity index (χ1n) is 13.2. The summed E-state index contributed by atoms with van der Waals surface area (Å²) in [4.78, 5) is 22.5. The molecule has 3 aromatic carbocycles. The average molecular weight is 535 g/mol. The molecule has 5 aromatic rings. The smallest absolute Gasteiger partial charge is 0.258 e. The Morgan fingerprint density at radius 3 is 2.67 bits per heavy atom. The fourth-order valence-corrected chi connectivity index (χ4v) is 4.93. The summed E-state index contributed by atoms with van der Waals surface area (Å²) in [5.74, 6) is -0.116. The maximum Gasteiger partial charge on any atom is 0.258 e. The summed E-state index contributed by atoms with van der Waals surface area (Å²) in [6.45, 7) is 3.27.